The Labute approximate surface area is 105 Å². The van der Waals surface area contributed by atoms with E-state index in [1.807, 2.05) is 6.07 Å². The summed E-state index contributed by atoms with van der Waals surface area (Å²) >= 11 is 17.2. The van der Waals surface area contributed by atoms with Gasteiger partial charge in [0.15, 0.2) is 0 Å². The molecule has 0 N–H and O–H groups in total. The Morgan fingerprint density at radius 2 is 2.43 bits per heavy atom. The zero-order valence-electron chi connectivity index (χ0n) is 7.30. The number of halogens is 3. The molecule has 0 amide bonds. The van der Waals surface area contributed by atoms with Gasteiger partial charge in [-0.1, -0.05) is 11.6 Å². The molecule has 0 saturated carbocycles. The van der Waals surface area contributed by atoms with Crippen LogP contribution in [0.15, 0.2) is 9.85 Å². The van der Waals surface area contributed by atoms with E-state index in [1.54, 1.807) is 11.3 Å². The second kappa shape index (κ2) is 4.71. The summed E-state index contributed by atoms with van der Waals surface area (Å²) in [4.78, 5) is 1.08. The van der Waals surface area contributed by atoms with Gasteiger partial charge < -0.3 is 4.74 Å². The van der Waals surface area contributed by atoms with E-state index < -0.39 is 0 Å². The average Bonchev–Trinajstić information content (AvgIpc) is 2.76. The summed E-state index contributed by atoms with van der Waals surface area (Å²) in [6, 6.07) is 1.91. The van der Waals surface area contributed by atoms with E-state index in [4.69, 9.17) is 27.9 Å². The van der Waals surface area contributed by atoms with E-state index in [-0.39, 0.29) is 11.5 Å². The van der Waals surface area contributed by atoms with E-state index >= 15 is 0 Å². The van der Waals surface area contributed by atoms with Gasteiger partial charge in [0.05, 0.1) is 20.3 Å². The van der Waals surface area contributed by atoms with Crippen molar-refractivity contribution in [1.82, 2.24) is 0 Å². The van der Waals surface area contributed by atoms with Gasteiger partial charge in [0, 0.05) is 11.5 Å². The fourth-order valence-electron chi connectivity index (χ4n) is 1.52. The van der Waals surface area contributed by atoms with Crippen LogP contribution in [0, 0.1) is 0 Å². The number of hydrogen-bond donors (Lipinski definition) is 0. The molecular formula is C9H9BrCl2OS. The Morgan fingerprint density at radius 3 is 2.93 bits per heavy atom. The molecule has 1 saturated heterocycles. The van der Waals surface area contributed by atoms with E-state index in [0.717, 1.165) is 33.1 Å². The molecule has 1 aromatic rings. The molecule has 0 aliphatic carbocycles. The fourth-order valence-corrected chi connectivity index (χ4v) is 3.69. The molecule has 5 heteroatoms. The second-order valence-electron chi connectivity index (χ2n) is 3.22. The highest BCUT2D eigenvalue weighted by atomic mass is 79.9. The first kappa shape index (κ1) is 11.2. The highest BCUT2D eigenvalue weighted by Gasteiger charge is 2.27. The average molecular weight is 316 g/mol. The number of alkyl halides is 1. The van der Waals surface area contributed by atoms with E-state index in [2.05, 4.69) is 15.9 Å². The van der Waals surface area contributed by atoms with Crippen molar-refractivity contribution in [3.05, 3.63) is 19.8 Å². The lowest BCUT2D eigenvalue weighted by atomic mass is 10.1. The summed E-state index contributed by atoms with van der Waals surface area (Å²) in [5.74, 6) is 0. The maximum atomic E-state index is 6.30. The number of rotatable bonds is 2. The molecule has 2 heterocycles. The van der Waals surface area contributed by atoms with Crippen LogP contribution in [0.1, 0.15) is 23.1 Å². The van der Waals surface area contributed by atoms with Gasteiger partial charge in [0.2, 0.25) is 0 Å². The van der Waals surface area contributed by atoms with Crippen molar-refractivity contribution in [2.45, 2.75) is 24.3 Å². The summed E-state index contributed by atoms with van der Waals surface area (Å²) in [6.07, 6.45) is 2.30. The van der Waals surface area contributed by atoms with Crippen LogP contribution >= 0.6 is 50.5 Å². The molecule has 0 bridgehead atoms. The van der Waals surface area contributed by atoms with Crippen LogP contribution < -0.4 is 0 Å². The summed E-state index contributed by atoms with van der Waals surface area (Å²) in [6.45, 7) is 0.828. The molecule has 2 rings (SSSR count). The van der Waals surface area contributed by atoms with Crippen LogP contribution in [-0.2, 0) is 4.74 Å². The van der Waals surface area contributed by atoms with E-state index in [9.17, 15) is 0 Å². The summed E-state index contributed by atoms with van der Waals surface area (Å²) in [5, 5.41) is 0.667. The van der Waals surface area contributed by atoms with Crippen LogP contribution in [0.2, 0.25) is 5.02 Å². The zero-order chi connectivity index (χ0) is 10.1. The SMILES string of the molecule is Clc1cc(C(Cl)C2CCCO2)sc1Br. The summed E-state index contributed by atoms with van der Waals surface area (Å²) in [7, 11) is 0. The normalized spacial score (nSPS) is 24.1. The lowest BCUT2D eigenvalue weighted by molar-refractivity contribution is 0.108. The van der Waals surface area contributed by atoms with Gasteiger partial charge in [-0.15, -0.1) is 22.9 Å². The highest BCUT2D eigenvalue weighted by Crippen LogP contribution is 2.41. The fraction of sp³-hybridized carbons (Fsp3) is 0.556. The molecule has 1 aliphatic rings. The molecule has 0 radical (unpaired) electrons. The first-order chi connectivity index (χ1) is 6.68. The highest BCUT2D eigenvalue weighted by molar-refractivity contribution is 9.11. The van der Waals surface area contributed by atoms with Gasteiger partial charge in [-0.2, -0.15) is 0 Å². The van der Waals surface area contributed by atoms with Crippen molar-refractivity contribution in [1.29, 1.82) is 0 Å². The largest absolute Gasteiger partial charge is 0.376 e. The van der Waals surface area contributed by atoms with Crippen molar-refractivity contribution in [2.24, 2.45) is 0 Å². The zero-order valence-corrected chi connectivity index (χ0v) is 11.2. The predicted octanol–water partition coefficient (Wildman–Crippen LogP) is 4.62. The third-order valence-electron chi connectivity index (χ3n) is 2.23. The molecule has 14 heavy (non-hydrogen) atoms. The Hall–Kier alpha value is 0.720. The molecule has 78 valence electrons. The number of hydrogen-bond acceptors (Lipinski definition) is 2. The molecule has 0 spiro atoms. The Kier molecular flexibility index (Phi) is 3.77. The van der Waals surface area contributed by atoms with Crippen molar-refractivity contribution < 1.29 is 4.74 Å². The van der Waals surface area contributed by atoms with Crippen LogP contribution in [0.3, 0.4) is 0 Å². The van der Waals surface area contributed by atoms with Crippen molar-refractivity contribution in [2.75, 3.05) is 6.61 Å². The maximum absolute atomic E-state index is 6.30. The van der Waals surface area contributed by atoms with Crippen LogP contribution in [0.4, 0.5) is 0 Å². The van der Waals surface area contributed by atoms with Crippen LogP contribution in [0.25, 0.3) is 0 Å². The van der Waals surface area contributed by atoms with E-state index in [0.29, 0.717) is 0 Å². The minimum atomic E-state index is -0.0636. The molecule has 1 aromatic heterocycles. The molecule has 0 aromatic carbocycles. The quantitative estimate of drug-likeness (QED) is 0.723. The van der Waals surface area contributed by atoms with Crippen molar-refractivity contribution in [3.63, 3.8) is 0 Å². The first-order valence-corrected chi connectivity index (χ1v) is 6.81. The molecule has 2 atom stereocenters. The molecule has 2 unspecified atom stereocenters. The Balaban J connectivity index is 2.13. The van der Waals surface area contributed by atoms with Crippen LogP contribution in [-0.4, -0.2) is 12.7 Å². The van der Waals surface area contributed by atoms with Gasteiger partial charge in [-0.25, -0.2) is 0 Å². The standard InChI is InChI=1S/C9H9BrCl2OS/c10-9-5(11)4-7(14-9)8(12)6-2-1-3-13-6/h4,6,8H,1-3H2. The minimum absolute atomic E-state index is 0.0636. The topological polar surface area (TPSA) is 9.23 Å². The number of ether oxygens (including phenoxy) is 1. The third kappa shape index (κ3) is 2.27. The van der Waals surface area contributed by atoms with Gasteiger partial charge >= 0.3 is 0 Å². The minimum Gasteiger partial charge on any atom is -0.376 e. The first-order valence-electron chi connectivity index (χ1n) is 4.39. The van der Waals surface area contributed by atoms with E-state index in [1.165, 1.54) is 0 Å². The molecule has 1 aliphatic heterocycles. The molecular weight excluding hydrogens is 307 g/mol. The Morgan fingerprint density at radius 1 is 1.64 bits per heavy atom. The van der Waals surface area contributed by atoms with Crippen LogP contribution in [0.5, 0.6) is 0 Å². The summed E-state index contributed by atoms with van der Waals surface area (Å²) < 4.78 is 6.48. The van der Waals surface area contributed by atoms with Gasteiger partial charge in [0.1, 0.15) is 0 Å². The van der Waals surface area contributed by atoms with Crippen molar-refractivity contribution >= 4 is 50.5 Å². The second-order valence-corrected chi connectivity index (χ2v) is 6.50. The lowest BCUT2D eigenvalue weighted by Crippen LogP contribution is -2.11. The maximum Gasteiger partial charge on any atom is 0.0940 e. The monoisotopic (exact) mass is 314 g/mol. The lowest BCUT2D eigenvalue weighted by Gasteiger charge is -2.14. The predicted molar refractivity (Wildman–Crippen MR) is 64.6 cm³/mol. The van der Waals surface area contributed by atoms with Gasteiger partial charge in [-0.3, -0.25) is 0 Å². The van der Waals surface area contributed by atoms with Crippen molar-refractivity contribution in [3.8, 4) is 0 Å². The molecule has 1 fully saturated rings. The third-order valence-corrected chi connectivity index (χ3v) is 5.43. The van der Waals surface area contributed by atoms with Gasteiger partial charge in [0.25, 0.3) is 0 Å². The number of thiophene rings is 1. The molecule has 1 nitrogen and oxygen atoms in total. The Bertz CT molecular complexity index is 303. The summed E-state index contributed by atoms with van der Waals surface area (Å²) in [5.41, 5.74) is 0. The van der Waals surface area contributed by atoms with Gasteiger partial charge in [-0.05, 0) is 34.8 Å². The smallest absolute Gasteiger partial charge is 0.0940 e.